The van der Waals surface area contributed by atoms with Crippen molar-refractivity contribution in [3.63, 3.8) is 0 Å². The zero-order chi connectivity index (χ0) is 10.6. The molecule has 0 atom stereocenters. The second-order valence-corrected chi connectivity index (χ2v) is 3.51. The van der Waals surface area contributed by atoms with Gasteiger partial charge in [-0.2, -0.15) is 0 Å². The smallest absolute Gasteiger partial charge is 0.176 e. The van der Waals surface area contributed by atoms with Crippen molar-refractivity contribution in [2.75, 3.05) is 13.2 Å². The van der Waals surface area contributed by atoms with Crippen LogP contribution in [0.3, 0.4) is 0 Å². The van der Waals surface area contributed by atoms with E-state index < -0.39 is 0 Å². The van der Waals surface area contributed by atoms with E-state index in [1.165, 1.54) is 0 Å². The summed E-state index contributed by atoms with van der Waals surface area (Å²) in [5.41, 5.74) is 1.78. The fraction of sp³-hybridized carbons (Fsp3) is 0.818. The van der Waals surface area contributed by atoms with E-state index in [1.54, 1.807) is 5.70 Å². The first-order chi connectivity index (χ1) is 6.85. The van der Waals surface area contributed by atoms with Crippen molar-refractivity contribution in [1.29, 1.82) is 0 Å². The zero-order valence-corrected chi connectivity index (χ0v) is 10.3. The Morgan fingerprint density at radius 3 is 1.93 bits per heavy atom. The third-order valence-corrected chi connectivity index (χ3v) is 2.01. The van der Waals surface area contributed by atoms with Crippen LogP contribution >= 0.6 is 0 Å². The predicted molar refractivity (Wildman–Crippen MR) is 60.4 cm³/mol. The monoisotopic (exact) mass is 213 g/mol. The molecular formula is C11H21O2Si. The molecular weight excluding hydrogens is 192 g/mol. The first kappa shape index (κ1) is 13.9. The van der Waals surface area contributed by atoms with E-state index in [-0.39, 0.29) is 6.29 Å². The summed E-state index contributed by atoms with van der Waals surface area (Å²) in [7, 11) is 3.27. The molecule has 0 aromatic rings. The molecule has 0 saturated carbocycles. The molecule has 0 aromatic heterocycles. The first-order valence-electron chi connectivity index (χ1n) is 5.42. The van der Waals surface area contributed by atoms with Crippen molar-refractivity contribution in [3.05, 3.63) is 11.8 Å². The van der Waals surface area contributed by atoms with Crippen molar-refractivity contribution in [3.8, 4) is 0 Å². The van der Waals surface area contributed by atoms with Gasteiger partial charge in [-0.15, -0.1) is 5.70 Å². The normalized spacial score (nSPS) is 11.7. The van der Waals surface area contributed by atoms with Crippen LogP contribution in [0.4, 0.5) is 0 Å². The maximum absolute atomic E-state index is 5.53. The number of ether oxygens (including phenoxy) is 2. The molecule has 0 bridgehead atoms. The van der Waals surface area contributed by atoms with Gasteiger partial charge in [0.2, 0.25) is 0 Å². The van der Waals surface area contributed by atoms with Gasteiger partial charge >= 0.3 is 0 Å². The van der Waals surface area contributed by atoms with Crippen LogP contribution in [0.2, 0.25) is 0 Å². The third kappa shape index (κ3) is 8.47. The summed E-state index contributed by atoms with van der Waals surface area (Å²) in [5.74, 6) is 0. The van der Waals surface area contributed by atoms with E-state index >= 15 is 0 Å². The Balaban J connectivity index is 3.55. The van der Waals surface area contributed by atoms with Crippen LogP contribution in [0.25, 0.3) is 0 Å². The second kappa shape index (κ2) is 11.0. The number of hydrogen-bond donors (Lipinski definition) is 0. The molecule has 0 aromatic carbocycles. The third-order valence-electron chi connectivity index (χ3n) is 1.81. The van der Waals surface area contributed by atoms with Crippen LogP contribution in [0, 0.1) is 0 Å². The Labute approximate surface area is 91.1 Å². The first-order valence-corrected chi connectivity index (χ1v) is 6.00. The van der Waals surface area contributed by atoms with Crippen LogP contribution < -0.4 is 0 Å². The molecule has 2 nitrogen and oxygen atoms in total. The van der Waals surface area contributed by atoms with Gasteiger partial charge in [-0.05, 0) is 18.9 Å². The lowest BCUT2D eigenvalue weighted by Gasteiger charge is -2.14. The largest absolute Gasteiger partial charge is 0.349 e. The molecule has 0 saturated heterocycles. The average molecular weight is 213 g/mol. The van der Waals surface area contributed by atoms with Crippen molar-refractivity contribution in [2.45, 2.75) is 45.8 Å². The van der Waals surface area contributed by atoms with Gasteiger partial charge < -0.3 is 9.47 Å². The van der Waals surface area contributed by atoms with Crippen LogP contribution in [-0.4, -0.2) is 29.7 Å². The fourth-order valence-electron chi connectivity index (χ4n) is 0.925. The fourth-order valence-corrected chi connectivity index (χ4v) is 1.08. The Morgan fingerprint density at radius 2 is 1.57 bits per heavy atom. The Hall–Kier alpha value is -0.123. The van der Waals surface area contributed by atoms with Gasteiger partial charge in [0.25, 0.3) is 0 Å². The van der Waals surface area contributed by atoms with Crippen molar-refractivity contribution in [1.82, 2.24) is 0 Å². The Bertz CT molecular complexity index is 127. The summed E-state index contributed by atoms with van der Waals surface area (Å²) in [6.45, 7) is 5.83. The standard InChI is InChI=1S/C11H21O2Si/c1-3-5-8-12-11(7-10-14)13-9-6-4-2/h7,10-11H,3-6,8-9H2,1-2H3. The molecule has 0 aliphatic heterocycles. The van der Waals surface area contributed by atoms with Gasteiger partial charge in [-0.1, -0.05) is 26.7 Å². The minimum atomic E-state index is -0.189. The van der Waals surface area contributed by atoms with Gasteiger partial charge in [-0.3, -0.25) is 0 Å². The van der Waals surface area contributed by atoms with Crippen LogP contribution in [0.15, 0.2) is 11.8 Å². The highest BCUT2D eigenvalue weighted by molar-refractivity contribution is 6.16. The summed E-state index contributed by atoms with van der Waals surface area (Å²) in [4.78, 5) is 0. The van der Waals surface area contributed by atoms with E-state index in [0.29, 0.717) is 0 Å². The van der Waals surface area contributed by atoms with Crippen molar-refractivity contribution < 1.29 is 9.47 Å². The highest BCUT2D eigenvalue weighted by atomic mass is 28.1. The van der Waals surface area contributed by atoms with E-state index in [9.17, 15) is 0 Å². The molecule has 0 aliphatic carbocycles. The molecule has 0 aliphatic rings. The molecule has 3 radical (unpaired) electrons. The summed E-state index contributed by atoms with van der Waals surface area (Å²) in [6.07, 6.45) is 6.17. The van der Waals surface area contributed by atoms with E-state index in [2.05, 4.69) is 24.1 Å². The zero-order valence-electron chi connectivity index (χ0n) is 9.29. The maximum Gasteiger partial charge on any atom is 0.176 e. The lowest BCUT2D eigenvalue weighted by Crippen LogP contribution is -2.16. The van der Waals surface area contributed by atoms with Gasteiger partial charge in [0.05, 0.1) is 23.5 Å². The molecule has 0 unspecified atom stereocenters. The second-order valence-electron chi connectivity index (χ2n) is 3.18. The molecule has 3 heteroatoms. The minimum absolute atomic E-state index is 0.189. The highest BCUT2D eigenvalue weighted by Gasteiger charge is 2.03. The molecule has 0 heterocycles. The van der Waals surface area contributed by atoms with Gasteiger partial charge in [-0.25, -0.2) is 0 Å². The number of hydrogen-bond acceptors (Lipinski definition) is 2. The van der Waals surface area contributed by atoms with Gasteiger partial charge in [0, 0.05) is 0 Å². The maximum atomic E-state index is 5.53. The lowest BCUT2D eigenvalue weighted by atomic mass is 10.3. The van der Waals surface area contributed by atoms with Crippen molar-refractivity contribution in [2.24, 2.45) is 0 Å². The topological polar surface area (TPSA) is 18.5 Å². The Morgan fingerprint density at radius 1 is 1.07 bits per heavy atom. The predicted octanol–water partition coefficient (Wildman–Crippen LogP) is 2.63. The molecule has 0 rings (SSSR count). The Kier molecular flexibility index (Phi) is 10.9. The summed E-state index contributed by atoms with van der Waals surface area (Å²) < 4.78 is 11.1. The van der Waals surface area contributed by atoms with E-state index in [1.807, 2.05) is 6.08 Å². The highest BCUT2D eigenvalue weighted by Crippen LogP contribution is 2.01. The summed E-state index contributed by atoms with van der Waals surface area (Å²) in [6, 6.07) is 0. The van der Waals surface area contributed by atoms with E-state index in [4.69, 9.17) is 9.47 Å². The molecule has 81 valence electrons. The van der Waals surface area contributed by atoms with Crippen LogP contribution in [0.1, 0.15) is 39.5 Å². The van der Waals surface area contributed by atoms with Gasteiger partial charge in [0.1, 0.15) is 0 Å². The average Bonchev–Trinajstić information content (AvgIpc) is 2.18. The van der Waals surface area contributed by atoms with Crippen molar-refractivity contribution >= 4 is 10.2 Å². The molecule has 14 heavy (non-hydrogen) atoms. The van der Waals surface area contributed by atoms with Crippen LogP contribution in [0.5, 0.6) is 0 Å². The lowest BCUT2D eigenvalue weighted by molar-refractivity contribution is -0.112. The number of unbranched alkanes of at least 4 members (excludes halogenated alkanes) is 2. The molecule has 0 spiro atoms. The quantitative estimate of drug-likeness (QED) is 0.333. The minimum Gasteiger partial charge on any atom is -0.349 e. The molecule has 0 fully saturated rings. The van der Waals surface area contributed by atoms with Gasteiger partial charge in [0.15, 0.2) is 6.29 Å². The van der Waals surface area contributed by atoms with E-state index in [0.717, 1.165) is 38.9 Å². The SMILES string of the molecule is CCCCOC(C=C[Si])OCCCC. The van der Waals surface area contributed by atoms with Crippen LogP contribution in [-0.2, 0) is 9.47 Å². The summed E-state index contributed by atoms with van der Waals surface area (Å²) in [5, 5.41) is 0. The number of rotatable bonds is 9. The summed E-state index contributed by atoms with van der Waals surface area (Å²) >= 11 is 0. The molecule has 0 amide bonds. The molecule has 0 N–H and O–H groups in total.